The van der Waals surface area contributed by atoms with Crippen LogP contribution in [0.15, 0.2) is 18.3 Å². The first-order chi connectivity index (χ1) is 10.1. The van der Waals surface area contributed by atoms with Crippen molar-refractivity contribution >= 4 is 23.0 Å². The van der Waals surface area contributed by atoms with Crippen LogP contribution in [0.2, 0.25) is 5.15 Å². The number of H-pyrrole nitrogens is 1. The molecule has 1 amide bonds. The minimum atomic E-state index is -0.446. The maximum Gasteiger partial charge on any atom is 0.352 e. The van der Waals surface area contributed by atoms with Gasteiger partial charge in [0.05, 0.1) is 6.20 Å². The van der Waals surface area contributed by atoms with Crippen molar-refractivity contribution in [2.75, 3.05) is 0 Å². The van der Waals surface area contributed by atoms with Crippen LogP contribution in [-0.2, 0) is 0 Å². The van der Waals surface area contributed by atoms with Crippen LogP contribution in [0.1, 0.15) is 36.3 Å². The Balaban J connectivity index is 1.66. The molecule has 0 radical (unpaired) electrons. The van der Waals surface area contributed by atoms with Gasteiger partial charge in [-0.2, -0.15) is 4.40 Å². The molecular weight excluding hydrogens is 293 g/mol. The van der Waals surface area contributed by atoms with Gasteiger partial charge < -0.3 is 5.32 Å². The molecule has 0 aromatic carbocycles. The van der Waals surface area contributed by atoms with Crippen molar-refractivity contribution in [3.63, 3.8) is 0 Å². The van der Waals surface area contributed by atoms with Crippen molar-refractivity contribution in [3.8, 4) is 0 Å². The van der Waals surface area contributed by atoms with Crippen molar-refractivity contribution in [2.24, 2.45) is 11.8 Å². The number of halogens is 2. The van der Waals surface area contributed by atoms with Gasteiger partial charge in [0.25, 0.3) is 0 Å². The Morgan fingerprint density at radius 2 is 2.05 bits per heavy atom. The molecule has 0 bridgehead atoms. The molecule has 2 saturated carbocycles. The van der Waals surface area contributed by atoms with Crippen LogP contribution in [0.3, 0.4) is 0 Å². The Morgan fingerprint density at radius 3 is 2.67 bits per heavy atom. The minimum Gasteiger partial charge on any atom is -0.342 e. The van der Waals surface area contributed by atoms with Crippen LogP contribution < -0.4 is 9.72 Å². The lowest BCUT2D eigenvalue weighted by atomic mass is 10.1. The number of nitrogens with one attached hydrogen (secondary N) is 2. The molecule has 2 aliphatic carbocycles. The number of carbonyl (C=O) groups is 1. The smallest absolute Gasteiger partial charge is 0.342 e. The van der Waals surface area contributed by atoms with Crippen LogP contribution in [0.4, 0.5) is 4.39 Å². The van der Waals surface area contributed by atoms with E-state index in [1.807, 2.05) is 0 Å². The van der Waals surface area contributed by atoms with Gasteiger partial charge in [-0.1, -0.05) is 0 Å². The third-order valence-corrected chi connectivity index (χ3v) is 4.67. The number of imidazole rings is 1. The van der Waals surface area contributed by atoms with E-state index in [1.165, 1.54) is 36.2 Å². The molecule has 110 valence electrons. The standard InChI is InChI=1S/C15H15ClFN3O/c16-13-12-10(17)2-1-7-20(12)14(19-13)15(21)18-11(8-3-4-8)9-5-6-9/h1-2,7-9,11H,3-6H2,(H,18,21)/p+1. The molecule has 2 aromatic rings. The van der Waals surface area contributed by atoms with Gasteiger partial charge in [-0.25, -0.2) is 9.37 Å². The summed E-state index contributed by atoms with van der Waals surface area (Å²) in [4.78, 5) is 15.3. The number of hydrogen-bond acceptors (Lipinski definition) is 1. The highest BCUT2D eigenvalue weighted by Crippen LogP contribution is 2.44. The lowest BCUT2D eigenvalue weighted by Crippen LogP contribution is -2.42. The average molecular weight is 309 g/mol. The molecule has 2 aliphatic rings. The summed E-state index contributed by atoms with van der Waals surface area (Å²) in [7, 11) is 0. The van der Waals surface area contributed by atoms with Crippen LogP contribution >= 0.6 is 11.6 Å². The maximum absolute atomic E-state index is 13.8. The summed E-state index contributed by atoms with van der Waals surface area (Å²) >= 11 is 6.02. The molecule has 0 spiro atoms. The molecule has 21 heavy (non-hydrogen) atoms. The second kappa shape index (κ2) is 4.70. The SMILES string of the molecule is O=C(NC(C1CC1)C1CC1)c1[nH]c(Cl)c2c(F)ccc[n+]12. The van der Waals surface area contributed by atoms with Gasteiger partial charge in [0, 0.05) is 6.04 Å². The lowest BCUT2D eigenvalue weighted by molar-refractivity contribution is -0.515. The van der Waals surface area contributed by atoms with Gasteiger partial charge in [-0.05, 0) is 61.3 Å². The molecule has 2 heterocycles. The van der Waals surface area contributed by atoms with E-state index in [-0.39, 0.29) is 28.4 Å². The average Bonchev–Trinajstić information content (AvgIpc) is 3.35. The number of hydrogen-bond donors (Lipinski definition) is 2. The zero-order valence-corrected chi connectivity index (χ0v) is 12.2. The second-order valence-corrected chi connectivity index (χ2v) is 6.41. The summed E-state index contributed by atoms with van der Waals surface area (Å²) in [6.07, 6.45) is 6.40. The predicted molar refractivity (Wildman–Crippen MR) is 75.6 cm³/mol. The largest absolute Gasteiger partial charge is 0.352 e. The first-order valence-corrected chi connectivity index (χ1v) is 7.71. The third-order valence-electron chi connectivity index (χ3n) is 4.39. The Kier molecular flexibility index (Phi) is 2.92. The Morgan fingerprint density at radius 1 is 1.38 bits per heavy atom. The first kappa shape index (κ1) is 13.1. The molecular formula is C15H16ClFN3O+. The molecule has 0 unspecified atom stereocenters. The van der Waals surface area contributed by atoms with Crippen molar-refractivity contribution in [1.29, 1.82) is 0 Å². The van der Waals surface area contributed by atoms with Crippen molar-refractivity contribution < 1.29 is 13.6 Å². The molecule has 2 fully saturated rings. The number of pyridine rings is 1. The van der Waals surface area contributed by atoms with Gasteiger partial charge in [0.15, 0.2) is 5.82 Å². The van der Waals surface area contributed by atoms with Crippen LogP contribution in [0.5, 0.6) is 0 Å². The molecule has 6 heteroatoms. The third kappa shape index (κ3) is 2.29. The molecule has 0 saturated heterocycles. The summed E-state index contributed by atoms with van der Waals surface area (Å²) in [5.74, 6) is 0.839. The van der Waals surface area contributed by atoms with Gasteiger partial charge in [0.1, 0.15) is 0 Å². The fourth-order valence-corrected chi connectivity index (χ4v) is 3.29. The van der Waals surface area contributed by atoms with Gasteiger partial charge in [0.2, 0.25) is 10.7 Å². The normalized spacial score (nSPS) is 18.4. The fourth-order valence-electron chi connectivity index (χ4n) is 3.02. The Bertz CT molecular complexity index is 709. The van der Waals surface area contributed by atoms with E-state index in [4.69, 9.17) is 11.6 Å². The summed E-state index contributed by atoms with van der Waals surface area (Å²) < 4.78 is 15.3. The van der Waals surface area contributed by atoms with Gasteiger partial charge >= 0.3 is 11.7 Å². The number of aromatic nitrogens is 2. The maximum atomic E-state index is 13.8. The number of amides is 1. The van der Waals surface area contributed by atoms with Crippen molar-refractivity contribution in [1.82, 2.24) is 10.3 Å². The minimum absolute atomic E-state index is 0.146. The zero-order valence-electron chi connectivity index (χ0n) is 11.4. The van der Waals surface area contributed by atoms with Gasteiger partial charge in [-0.15, -0.1) is 0 Å². The summed E-state index contributed by atoms with van der Waals surface area (Å²) in [5, 5.41) is 3.26. The predicted octanol–water partition coefficient (Wildman–Crippen LogP) is 2.46. The molecule has 4 nitrogen and oxygen atoms in total. The number of fused-ring (bicyclic) bond motifs is 1. The van der Waals surface area contributed by atoms with Crippen molar-refractivity contribution in [2.45, 2.75) is 31.7 Å². The molecule has 4 rings (SSSR count). The Labute approximate surface area is 126 Å². The number of carbonyl (C=O) groups excluding carboxylic acids is 1. The van der Waals surface area contributed by atoms with Gasteiger partial charge in [-0.3, -0.25) is 4.79 Å². The summed E-state index contributed by atoms with van der Waals surface area (Å²) in [6.45, 7) is 0. The quantitative estimate of drug-likeness (QED) is 0.838. The monoisotopic (exact) mass is 308 g/mol. The van der Waals surface area contributed by atoms with Crippen LogP contribution in [-0.4, -0.2) is 16.9 Å². The van der Waals surface area contributed by atoms with E-state index in [0.29, 0.717) is 11.8 Å². The highest BCUT2D eigenvalue weighted by Gasteiger charge is 2.43. The second-order valence-electron chi connectivity index (χ2n) is 6.04. The van der Waals surface area contributed by atoms with Crippen molar-refractivity contribution in [3.05, 3.63) is 35.1 Å². The number of rotatable bonds is 4. The molecule has 2 N–H and O–H groups in total. The molecule has 0 aliphatic heterocycles. The fraction of sp³-hybridized carbons (Fsp3) is 0.467. The number of aromatic amines is 1. The van der Waals surface area contributed by atoms with E-state index in [1.54, 1.807) is 12.3 Å². The number of nitrogens with zero attached hydrogens (tertiary/aromatic N) is 1. The van der Waals surface area contributed by atoms with Crippen LogP contribution in [0.25, 0.3) is 5.52 Å². The van der Waals surface area contributed by atoms with Crippen LogP contribution in [0, 0.1) is 17.7 Å². The first-order valence-electron chi connectivity index (χ1n) is 7.33. The molecule has 0 atom stereocenters. The topological polar surface area (TPSA) is 49.0 Å². The van der Waals surface area contributed by atoms with E-state index in [9.17, 15) is 9.18 Å². The summed E-state index contributed by atoms with van der Waals surface area (Å²) in [6, 6.07) is 3.14. The van der Waals surface area contributed by atoms with E-state index >= 15 is 0 Å². The summed E-state index contributed by atoms with van der Waals surface area (Å²) in [5.41, 5.74) is 0.207. The lowest BCUT2D eigenvalue weighted by Gasteiger charge is -2.15. The Hall–Kier alpha value is -1.62. The van der Waals surface area contributed by atoms with E-state index < -0.39 is 5.82 Å². The van der Waals surface area contributed by atoms with E-state index in [2.05, 4.69) is 10.3 Å². The zero-order chi connectivity index (χ0) is 14.6. The highest BCUT2D eigenvalue weighted by atomic mass is 35.5. The van der Waals surface area contributed by atoms with E-state index in [0.717, 1.165) is 0 Å². The highest BCUT2D eigenvalue weighted by molar-refractivity contribution is 6.32. The molecule has 2 aromatic heterocycles.